The first-order valence-electron chi connectivity index (χ1n) is 5.80. The minimum atomic E-state index is -0.121. The van der Waals surface area contributed by atoms with Gasteiger partial charge in [0, 0.05) is 4.88 Å². The number of hydrogen-bond donors (Lipinski definition) is 1. The largest absolute Gasteiger partial charge is 0.465 e. The molecule has 0 aromatic carbocycles. The van der Waals surface area contributed by atoms with Gasteiger partial charge in [-0.3, -0.25) is 4.79 Å². The van der Waals surface area contributed by atoms with Gasteiger partial charge in [0.15, 0.2) is 0 Å². The fourth-order valence-corrected chi connectivity index (χ4v) is 2.16. The molecular weight excluding hydrogens is 260 g/mol. The zero-order chi connectivity index (χ0) is 13.5. The Kier molecular flexibility index (Phi) is 4.69. The predicted octanol–water partition coefficient (Wildman–Crippen LogP) is 3.09. The molecule has 2 heterocycles. The molecule has 0 radical (unpaired) electrons. The lowest BCUT2D eigenvalue weighted by molar-refractivity contribution is -0.120. The van der Waals surface area contributed by atoms with E-state index in [2.05, 4.69) is 10.5 Å². The number of carbonyl (C=O) groups is 1. The van der Waals surface area contributed by atoms with Gasteiger partial charge >= 0.3 is 0 Å². The first kappa shape index (κ1) is 13.3. The summed E-state index contributed by atoms with van der Waals surface area (Å²) in [6, 6.07) is 7.52. The standard InChI is InChI=1S/C14H14N2O2S/c1-11(8-12-4-2-6-18-12)10-15-16-14(17)9-13-5-3-7-19-13/h2-8,10H,9H2,1H3,(H,16,17)/b11-8-,15-10-. The van der Waals surface area contributed by atoms with E-state index >= 15 is 0 Å². The summed E-state index contributed by atoms with van der Waals surface area (Å²) in [5.74, 6) is 0.637. The molecule has 1 N–H and O–H groups in total. The van der Waals surface area contributed by atoms with Crippen molar-refractivity contribution >= 4 is 29.5 Å². The normalized spacial score (nSPS) is 11.9. The number of allylic oxidation sites excluding steroid dienone is 1. The van der Waals surface area contributed by atoms with Crippen molar-refractivity contribution in [3.05, 3.63) is 52.1 Å². The van der Waals surface area contributed by atoms with E-state index in [-0.39, 0.29) is 5.91 Å². The molecule has 0 atom stereocenters. The Balaban J connectivity index is 1.81. The van der Waals surface area contributed by atoms with E-state index in [1.54, 1.807) is 23.8 Å². The molecule has 98 valence electrons. The Hall–Kier alpha value is -2.14. The smallest absolute Gasteiger partial charge is 0.245 e. The number of hydrazone groups is 1. The molecule has 1 amide bonds. The highest BCUT2D eigenvalue weighted by molar-refractivity contribution is 7.10. The molecule has 0 saturated carbocycles. The Morgan fingerprint density at radius 2 is 2.37 bits per heavy atom. The third-order valence-corrected chi connectivity index (χ3v) is 3.16. The summed E-state index contributed by atoms with van der Waals surface area (Å²) in [6.07, 6.45) is 5.40. The molecule has 5 heteroatoms. The van der Waals surface area contributed by atoms with Crippen LogP contribution in [-0.4, -0.2) is 12.1 Å². The molecule has 2 aromatic rings. The third kappa shape index (κ3) is 4.56. The Bertz CT molecular complexity index is 569. The van der Waals surface area contributed by atoms with Gasteiger partial charge in [0.25, 0.3) is 0 Å². The molecule has 0 aliphatic rings. The highest BCUT2D eigenvalue weighted by Crippen LogP contribution is 2.08. The van der Waals surface area contributed by atoms with Crippen molar-refractivity contribution in [2.45, 2.75) is 13.3 Å². The van der Waals surface area contributed by atoms with Crippen molar-refractivity contribution in [1.82, 2.24) is 5.43 Å². The predicted molar refractivity (Wildman–Crippen MR) is 77.0 cm³/mol. The molecule has 19 heavy (non-hydrogen) atoms. The summed E-state index contributed by atoms with van der Waals surface area (Å²) in [5.41, 5.74) is 3.39. The highest BCUT2D eigenvalue weighted by Gasteiger charge is 2.01. The Morgan fingerprint density at radius 1 is 1.47 bits per heavy atom. The van der Waals surface area contributed by atoms with Crippen LogP contribution >= 0.6 is 11.3 Å². The van der Waals surface area contributed by atoms with Crippen molar-refractivity contribution in [3.63, 3.8) is 0 Å². The van der Waals surface area contributed by atoms with Crippen LogP contribution in [0.1, 0.15) is 17.6 Å². The van der Waals surface area contributed by atoms with E-state index < -0.39 is 0 Å². The lowest BCUT2D eigenvalue weighted by atomic mass is 10.3. The van der Waals surface area contributed by atoms with Crippen LogP contribution in [-0.2, 0) is 11.2 Å². The van der Waals surface area contributed by atoms with Gasteiger partial charge in [-0.05, 0) is 42.2 Å². The summed E-state index contributed by atoms with van der Waals surface area (Å²) >= 11 is 1.56. The minimum absolute atomic E-state index is 0.121. The number of carbonyl (C=O) groups excluding carboxylic acids is 1. The van der Waals surface area contributed by atoms with Crippen LogP contribution in [0.3, 0.4) is 0 Å². The average Bonchev–Trinajstić information content (AvgIpc) is 3.02. The molecule has 4 nitrogen and oxygen atoms in total. The van der Waals surface area contributed by atoms with E-state index in [4.69, 9.17) is 4.42 Å². The van der Waals surface area contributed by atoms with Gasteiger partial charge in [-0.1, -0.05) is 6.07 Å². The maximum atomic E-state index is 11.6. The number of thiophene rings is 1. The number of amides is 1. The SMILES string of the molecule is CC(/C=N\NC(=O)Cc1cccs1)=C/c1ccco1. The Morgan fingerprint density at radius 3 is 3.05 bits per heavy atom. The van der Waals surface area contributed by atoms with Crippen molar-refractivity contribution in [2.75, 3.05) is 0 Å². The number of hydrogen-bond acceptors (Lipinski definition) is 4. The first-order valence-corrected chi connectivity index (χ1v) is 6.68. The van der Waals surface area contributed by atoms with Gasteiger partial charge in [-0.15, -0.1) is 11.3 Å². The third-order valence-electron chi connectivity index (χ3n) is 2.29. The fraction of sp³-hybridized carbons (Fsp3) is 0.143. The van der Waals surface area contributed by atoms with Crippen LogP contribution in [0.2, 0.25) is 0 Å². The molecular formula is C14H14N2O2S. The van der Waals surface area contributed by atoms with Crippen LogP contribution in [0.5, 0.6) is 0 Å². The maximum Gasteiger partial charge on any atom is 0.245 e. The van der Waals surface area contributed by atoms with E-state index in [0.717, 1.165) is 16.2 Å². The fourth-order valence-electron chi connectivity index (χ4n) is 1.45. The van der Waals surface area contributed by atoms with Gasteiger partial charge in [0.2, 0.25) is 5.91 Å². The molecule has 0 aliphatic carbocycles. The van der Waals surface area contributed by atoms with Gasteiger partial charge in [0.05, 0.1) is 18.9 Å². The van der Waals surface area contributed by atoms with E-state index in [0.29, 0.717) is 6.42 Å². The summed E-state index contributed by atoms with van der Waals surface area (Å²) in [5, 5.41) is 5.85. The van der Waals surface area contributed by atoms with Crippen LogP contribution < -0.4 is 5.43 Å². The molecule has 0 fully saturated rings. The Labute approximate surface area is 115 Å². The molecule has 2 rings (SSSR count). The molecule has 0 saturated heterocycles. The van der Waals surface area contributed by atoms with Crippen molar-refractivity contribution in [1.29, 1.82) is 0 Å². The van der Waals surface area contributed by atoms with Crippen LogP contribution in [0.4, 0.5) is 0 Å². The number of furan rings is 1. The number of nitrogens with zero attached hydrogens (tertiary/aromatic N) is 1. The second kappa shape index (κ2) is 6.70. The summed E-state index contributed by atoms with van der Waals surface area (Å²) in [4.78, 5) is 12.6. The molecule has 0 aliphatic heterocycles. The van der Waals surface area contributed by atoms with E-state index in [1.807, 2.05) is 42.6 Å². The second-order valence-electron chi connectivity index (χ2n) is 3.95. The lowest BCUT2D eigenvalue weighted by Crippen LogP contribution is -2.19. The van der Waals surface area contributed by atoms with Gasteiger partial charge in [0.1, 0.15) is 5.76 Å². The molecule has 0 unspecified atom stereocenters. The van der Waals surface area contributed by atoms with Crippen molar-refractivity contribution in [3.8, 4) is 0 Å². The molecule has 0 spiro atoms. The quantitative estimate of drug-likeness (QED) is 0.673. The number of nitrogens with one attached hydrogen (secondary N) is 1. The van der Waals surface area contributed by atoms with Gasteiger partial charge in [-0.25, -0.2) is 5.43 Å². The van der Waals surface area contributed by atoms with E-state index in [9.17, 15) is 4.79 Å². The van der Waals surface area contributed by atoms with Crippen LogP contribution in [0, 0.1) is 0 Å². The molecule has 0 bridgehead atoms. The number of rotatable bonds is 5. The van der Waals surface area contributed by atoms with Crippen LogP contribution in [0.25, 0.3) is 6.08 Å². The minimum Gasteiger partial charge on any atom is -0.465 e. The zero-order valence-electron chi connectivity index (χ0n) is 10.5. The summed E-state index contributed by atoms with van der Waals surface area (Å²) in [7, 11) is 0. The average molecular weight is 274 g/mol. The first-order chi connectivity index (χ1) is 9.24. The topological polar surface area (TPSA) is 54.6 Å². The van der Waals surface area contributed by atoms with Gasteiger partial charge < -0.3 is 4.42 Å². The van der Waals surface area contributed by atoms with Gasteiger partial charge in [-0.2, -0.15) is 5.10 Å². The molecule has 2 aromatic heterocycles. The summed E-state index contributed by atoms with van der Waals surface area (Å²) in [6.45, 7) is 1.89. The highest BCUT2D eigenvalue weighted by atomic mass is 32.1. The van der Waals surface area contributed by atoms with Crippen molar-refractivity contribution < 1.29 is 9.21 Å². The summed E-state index contributed by atoms with van der Waals surface area (Å²) < 4.78 is 5.18. The van der Waals surface area contributed by atoms with Crippen LogP contribution in [0.15, 0.2) is 51.0 Å². The second-order valence-corrected chi connectivity index (χ2v) is 4.99. The maximum absolute atomic E-state index is 11.6. The lowest BCUT2D eigenvalue weighted by Gasteiger charge is -1.97. The van der Waals surface area contributed by atoms with E-state index in [1.165, 1.54) is 0 Å². The zero-order valence-corrected chi connectivity index (χ0v) is 11.3. The monoisotopic (exact) mass is 274 g/mol. The van der Waals surface area contributed by atoms with Crippen molar-refractivity contribution in [2.24, 2.45) is 5.10 Å².